The van der Waals surface area contributed by atoms with Gasteiger partial charge in [-0.05, 0) is 31.2 Å². The molecular weight excluding hydrogens is 252 g/mol. The van der Waals surface area contributed by atoms with Crippen molar-refractivity contribution in [3.05, 3.63) is 35.4 Å². The minimum atomic E-state index is -0.296. The van der Waals surface area contributed by atoms with Gasteiger partial charge in [-0.1, -0.05) is 29.8 Å². The van der Waals surface area contributed by atoms with E-state index in [9.17, 15) is 9.59 Å². The monoisotopic (exact) mass is 272 g/mol. The summed E-state index contributed by atoms with van der Waals surface area (Å²) >= 11 is 0. The highest BCUT2D eigenvalue weighted by atomic mass is 16.2. The Morgan fingerprint density at radius 3 is 2.55 bits per heavy atom. The van der Waals surface area contributed by atoms with Gasteiger partial charge < -0.3 is 10.2 Å². The number of carbonyl (C=O) groups excluding carboxylic acids is 2. The van der Waals surface area contributed by atoms with E-state index in [1.54, 1.807) is 0 Å². The lowest BCUT2D eigenvalue weighted by molar-refractivity contribution is -0.134. The lowest BCUT2D eigenvalue weighted by Gasteiger charge is -2.24. The quantitative estimate of drug-likeness (QED) is 0.909. The number of rotatable bonds is 3. The smallest absolute Gasteiger partial charge is 0.245 e. The summed E-state index contributed by atoms with van der Waals surface area (Å²) in [5.74, 6) is 0.436. The second-order valence-electron chi connectivity index (χ2n) is 5.88. The fourth-order valence-electron chi connectivity index (χ4n) is 2.67. The largest absolute Gasteiger partial charge is 0.344 e. The maximum Gasteiger partial charge on any atom is 0.245 e. The van der Waals surface area contributed by atoms with Crippen LogP contribution in [-0.2, 0) is 16.1 Å². The zero-order chi connectivity index (χ0) is 14.1. The van der Waals surface area contributed by atoms with Crippen molar-refractivity contribution < 1.29 is 9.59 Å². The Morgan fingerprint density at radius 1 is 1.20 bits per heavy atom. The van der Waals surface area contributed by atoms with Crippen LogP contribution in [0, 0.1) is 12.8 Å². The maximum atomic E-state index is 12.6. The van der Waals surface area contributed by atoms with Gasteiger partial charge in [-0.2, -0.15) is 0 Å². The zero-order valence-corrected chi connectivity index (χ0v) is 11.8. The van der Waals surface area contributed by atoms with Crippen molar-refractivity contribution in [2.24, 2.45) is 5.92 Å². The van der Waals surface area contributed by atoms with E-state index in [-0.39, 0.29) is 17.9 Å². The van der Waals surface area contributed by atoms with E-state index < -0.39 is 0 Å². The third kappa shape index (κ3) is 2.84. The van der Waals surface area contributed by atoms with Crippen molar-refractivity contribution >= 4 is 11.8 Å². The van der Waals surface area contributed by atoms with Crippen LogP contribution in [0.3, 0.4) is 0 Å². The molecule has 3 rings (SSSR count). The molecular formula is C16H20N2O2. The van der Waals surface area contributed by atoms with Crippen LogP contribution in [0.15, 0.2) is 24.3 Å². The molecule has 1 aliphatic heterocycles. The number of nitrogens with one attached hydrogen (secondary N) is 1. The highest BCUT2D eigenvalue weighted by Gasteiger charge is 2.40. The van der Waals surface area contributed by atoms with Crippen molar-refractivity contribution in [3.8, 4) is 0 Å². The third-order valence-corrected chi connectivity index (χ3v) is 4.09. The molecule has 2 aliphatic rings. The van der Waals surface area contributed by atoms with Crippen molar-refractivity contribution in [3.63, 3.8) is 0 Å². The van der Waals surface area contributed by atoms with Gasteiger partial charge in [0.1, 0.15) is 6.04 Å². The van der Waals surface area contributed by atoms with Gasteiger partial charge in [0, 0.05) is 19.5 Å². The Hall–Kier alpha value is -1.84. The zero-order valence-electron chi connectivity index (χ0n) is 11.8. The lowest BCUT2D eigenvalue weighted by Crippen LogP contribution is -2.45. The van der Waals surface area contributed by atoms with E-state index >= 15 is 0 Å². The van der Waals surface area contributed by atoms with Gasteiger partial charge >= 0.3 is 0 Å². The Bertz CT molecular complexity index is 520. The summed E-state index contributed by atoms with van der Waals surface area (Å²) in [6.45, 7) is 3.16. The number of hydrogen-bond acceptors (Lipinski definition) is 2. The van der Waals surface area contributed by atoms with Gasteiger partial charge in [-0.25, -0.2) is 0 Å². The number of benzene rings is 1. The van der Waals surface area contributed by atoms with Crippen LogP contribution in [0.4, 0.5) is 0 Å². The first-order chi connectivity index (χ1) is 9.63. The first kappa shape index (κ1) is 13.2. The number of hydrogen-bond donors (Lipinski definition) is 1. The summed E-state index contributed by atoms with van der Waals surface area (Å²) < 4.78 is 0. The standard InChI is InChI=1S/C16H20N2O2/c1-11-2-4-12(5-3-11)10-18-9-8-14(19)17-15(16(18)20)13-6-7-13/h2-5,13,15H,6-10H2,1H3,(H,17,19). The molecule has 2 amide bonds. The molecule has 1 aliphatic carbocycles. The molecule has 0 radical (unpaired) electrons. The predicted octanol–water partition coefficient (Wildman–Crippen LogP) is 1.62. The summed E-state index contributed by atoms with van der Waals surface area (Å²) in [7, 11) is 0. The fourth-order valence-corrected chi connectivity index (χ4v) is 2.67. The number of carbonyl (C=O) groups is 2. The van der Waals surface area contributed by atoms with Gasteiger partial charge in [-0.15, -0.1) is 0 Å². The van der Waals surface area contributed by atoms with Crippen molar-refractivity contribution in [2.75, 3.05) is 6.54 Å². The van der Waals surface area contributed by atoms with Crippen molar-refractivity contribution in [1.29, 1.82) is 0 Å². The van der Waals surface area contributed by atoms with Crippen LogP contribution in [0.2, 0.25) is 0 Å². The van der Waals surface area contributed by atoms with Gasteiger partial charge in [0.25, 0.3) is 0 Å². The van der Waals surface area contributed by atoms with Crippen molar-refractivity contribution in [1.82, 2.24) is 10.2 Å². The first-order valence-electron chi connectivity index (χ1n) is 7.27. The molecule has 1 N–H and O–H groups in total. The molecule has 20 heavy (non-hydrogen) atoms. The number of amides is 2. The summed E-state index contributed by atoms with van der Waals surface area (Å²) in [5.41, 5.74) is 2.33. The number of nitrogens with zero attached hydrogens (tertiary/aromatic N) is 1. The molecule has 1 saturated carbocycles. The summed E-state index contributed by atoms with van der Waals surface area (Å²) in [5, 5.41) is 2.89. The van der Waals surface area contributed by atoms with Crippen LogP contribution >= 0.6 is 0 Å². The molecule has 0 aromatic heterocycles. The van der Waals surface area contributed by atoms with Crippen LogP contribution in [0.1, 0.15) is 30.4 Å². The SMILES string of the molecule is Cc1ccc(CN2CCC(=O)NC(C3CC3)C2=O)cc1. The van der Waals surface area contributed by atoms with Gasteiger partial charge in [-0.3, -0.25) is 9.59 Å². The predicted molar refractivity (Wildman–Crippen MR) is 75.9 cm³/mol. The van der Waals surface area contributed by atoms with Crippen LogP contribution in [0.25, 0.3) is 0 Å². The van der Waals surface area contributed by atoms with Crippen LogP contribution < -0.4 is 5.32 Å². The van der Waals surface area contributed by atoms with Crippen molar-refractivity contribution in [2.45, 2.75) is 38.8 Å². The molecule has 1 saturated heterocycles. The second kappa shape index (κ2) is 5.27. The number of aryl methyl sites for hydroxylation is 1. The van der Waals surface area contributed by atoms with E-state index in [4.69, 9.17) is 0 Å². The minimum Gasteiger partial charge on any atom is -0.344 e. The van der Waals surface area contributed by atoms with E-state index in [2.05, 4.69) is 29.6 Å². The summed E-state index contributed by atoms with van der Waals surface area (Å²) in [6.07, 6.45) is 2.50. The fraction of sp³-hybridized carbons (Fsp3) is 0.500. The molecule has 1 aromatic rings. The Labute approximate surface area is 119 Å². The van der Waals surface area contributed by atoms with E-state index in [0.29, 0.717) is 25.4 Å². The summed E-state index contributed by atoms with van der Waals surface area (Å²) in [6, 6.07) is 7.92. The highest BCUT2D eigenvalue weighted by Crippen LogP contribution is 2.34. The van der Waals surface area contributed by atoms with Gasteiger partial charge in [0.15, 0.2) is 0 Å². The average molecular weight is 272 g/mol. The summed E-state index contributed by atoms with van der Waals surface area (Å²) in [4.78, 5) is 26.1. The molecule has 4 heteroatoms. The highest BCUT2D eigenvalue weighted by molar-refractivity contribution is 5.90. The van der Waals surface area contributed by atoms with Crippen LogP contribution in [0.5, 0.6) is 0 Å². The maximum absolute atomic E-state index is 12.6. The molecule has 1 unspecified atom stereocenters. The first-order valence-corrected chi connectivity index (χ1v) is 7.27. The average Bonchev–Trinajstić information content (AvgIpc) is 3.26. The molecule has 1 aromatic carbocycles. The molecule has 1 heterocycles. The van der Waals surface area contributed by atoms with Gasteiger partial charge in [0.2, 0.25) is 11.8 Å². The van der Waals surface area contributed by atoms with E-state index in [1.807, 2.05) is 11.8 Å². The normalized spacial score (nSPS) is 23.4. The molecule has 4 nitrogen and oxygen atoms in total. The Balaban J connectivity index is 1.75. The van der Waals surface area contributed by atoms with E-state index in [1.165, 1.54) is 5.56 Å². The second-order valence-corrected chi connectivity index (χ2v) is 5.88. The topological polar surface area (TPSA) is 49.4 Å². The molecule has 0 bridgehead atoms. The Kier molecular flexibility index (Phi) is 3.47. The lowest BCUT2D eigenvalue weighted by atomic mass is 10.1. The Morgan fingerprint density at radius 2 is 1.90 bits per heavy atom. The van der Waals surface area contributed by atoms with E-state index in [0.717, 1.165) is 18.4 Å². The molecule has 2 fully saturated rings. The molecule has 0 spiro atoms. The van der Waals surface area contributed by atoms with Crippen LogP contribution in [-0.4, -0.2) is 29.3 Å². The minimum absolute atomic E-state index is 0.00153. The molecule has 1 atom stereocenters. The molecule has 106 valence electrons. The van der Waals surface area contributed by atoms with Gasteiger partial charge in [0.05, 0.1) is 0 Å². The third-order valence-electron chi connectivity index (χ3n) is 4.09.